The average molecular weight is 412 g/mol. The number of carbonyl (C=O) groups is 1. The van der Waals surface area contributed by atoms with Crippen LogP contribution in [0.25, 0.3) is 0 Å². The zero-order chi connectivity index (χ0) is 17.4. The molecule has 1 aliphatic heterocycles. The number of rotatable bonds is 9. The van der Waals surface area contributed by atoms with E-state index in [0.717, 1.165) is 12.8 Å². The van der Waals surface area contributed by atoms with Crippen LogP contribution in [0.3, 0.4) is 0 Å². The van der Waals surface area contributed by atoms with E-state index >= 15 is 0 Å². The Morgan fingerprint density at radius 3 is 2.84 bits per heavy atom. The molecular weight excluding hydrogens is 386 g/mol. The summed E-state index contributed by atoms with van der Waals surface area (Å²) < 4.78 is 32.1. The van der Waals surface area contributed by atoms with Crippen LogP contribution >= 0.6 is 23.7 Å². The summed E-state index contributed by atoms with van der Waals surface area (Å²) in [6.07, 6.45) is 2.21. The van der Waals surface area contributed by atoms with E-state index in [-0.39, 0.29) is 18.3 Å². The molecule has 25 heavy (non-hydrogen) atoms. The molecule has 10 heteroatoms. The van der Waals surface area contributed by atoms with Crippen molar-refractivity contribution in [2.75, 3.05) is 39.9 Å². The minimum atomic E-state index is -3.60. The van der Waals surface area contributed by atoms with Crippen LogP contribution in [0.1, 0.15) is 19.3 Å². The monoisotopic (exact) mass is 411 g/mol. The van der Waals surface area contributed by atoms with Gasteiger partial charge in [-0.2, -0.15) is 4.31 Å². The van der Waals surface area contributed by atoms with Gasteiger partial charge in [0.25, 0.3) is 10.0 Å². The summed E-state index contributed by atoms with van der Waals surface area (Å²) in [6.45, 7) is 2.81. The van der Waals surface area contributed by atoms with E-state index in [1.807, 2.05) is 0 Å². The molecule has 2 heterocycles. The van der Waals surface area contributed by atoms with E-state index in [0.29, 0.717) is 43.4 Å². The molecule has 1 aromatic rings. The van der Waals surface area contributed by atoms with Crippen LogP contribution in [0, 0.1) is 0 Å². The Labute approximate surface area is 159 Å². The highest BCUT2D eigenvalue weighted by Crippen LogP contribution is 2.27. The van der Waals surface area contributed by atoms with Gasteiger partial charge in [-0.15, -0.1) is 23.7 Å². The summed E-state index contributed by atoms with van der Waals surface area (Å²) in [5.41, 5.74) is 0. The lowest BCUT2D eigenvalue weighted by molar-refractivity contribution is -0.125. The Hall–Kier alpha value is -0.710. The van der Waals surface area contributed by atoms with Crippen molar-refractivity contribution in [3.05, 3.63) is 17.5 Å². The highest BCUT2D eigenvalue weighted by atomic mass is 35.5. The van der Waals surface area contributed by atoms with Gasteiger partial charge in [-0.05, 0) is 24.3 Å². The lowest BCUT2D eigenvalue weighted by Crippen LogP contribution is -2.52. The Kier molecular flexibility index (Phi) is 9.91. The zero-order valence-electron chi connectivity index (χ0n) is 14.3. The molecule has 0 radical (unpaired) electrons. The second kappa shape index (κ2) is 11.1. The van der Waals surface area contributed by atoms with E-state index in [2.05, 4.69) is 10.6 Å². The molecule has 1 aliphatic rings. The van der Waals surface area contributed by atoms with Crippen LogP contribution in [0.15, 0.2) is 21.7 Å². The van der Waals surface area contributed by atoms with Gasteiger partial charge in [-0.25, -0.2) is 8.42 Å². The van der Waals surface area contributed by atoms with E-state index < -0.39 is 16.1 Å². The summed E-state index contributed by atoms with van der Waals surface area (Å²) in [7, 11) is -1.96. The molecule has 1 saturated heterocycles. The third-order valence-corrected chi connectivity index (χ3v) is 7.18. The molecule has 1 aromatic heterocycles. The lowest BCUT2D eigenvalue weighted by Gasteiger charge is -2.33. The SMILES string of the molecule is COCCNCCNC(=O)C1CCCCN1S(=O)(=O)c1cccs1.Cl. The Morgan fingerprint density at radius 2 is 2.16 bits per heavy atom. The number of carbonyl (C=O) groups excluding carboxylic acids is 1. The largest absolute Gasteiger partial charge is 0.383 e. The van der Waals surface area contributed by atoms with Crippen molar-refractivity contribution in [2.24, 2.45) is 0 Å². The molecular formula is C15H26ClN3O4S2. The second-order valence-electron chi connectivity index (χ2n) is 5.59. The van der Waals surface area contributed by atoms with E-state index in [1.165, 1.54) is 15.6 Å². The Morgan fingerprint density at radius 1 is 1.36 bits per heavy atom. The minimum Gasteiger partial charge on any atom is -0.383 e. The van der Waals surface area contributed by atoms with Crippen molar-refractivity contribution in [1.82, 2.24) is 14.9 Å². The Balaban J connectivity index is 0.00000312. The number of piperidine rings is 1. The van der Waals surface area contributed by atoms with Crippen molar-refractivity contribution in [3.63, 3.8) is 0 Å². The van der Waals surface area contributed by atoms with Gasteiger partial charge in [0.05, 0.1) is 6.61 Å². The topological polar surface area (TPSA) is 87.7 Å². The van der Waals surface area contributed by atoms with E-state index in [9.17, 15) is 13.2 Å². The maximum absolute atomic E-state index is 12.7. The number of nitrogens with zero attached hydrogens (tertiary/aromatic N) is 1. The molecule has 1 amide bonds. The number of halogens is 1. The Bertz CT molecular complexity index is 610. The number of hydrogen-bond acceptors (Lipinski definition) is 6. The van der Waals surface area contributed by atoms with Crippen LogP contribution in [0.5, 0.6) is 0 Å². The van der Waals surface area contributed by atoms with Gasteiger partial charge >= 0.3 is 0 Å². The number of sulfonamides is 1. The molecule has 0 aliphatic carbocycles. The van der Waals surface area contributed by atoms with Crippen LogP contribution in [-0.2, 0) is 19.6 Å². The smallest absolute Gasteiger partial charge is 0.253 e. The van der Waals surface area contributed by atoms with Crippen LogP contribution in [0.2, 0.25) is 0 Å². The van der Waals surface area contributed by atoms with Crippen LogP contribution in [0.4, 0.5) is 0 Å². The third kappa shape index (κ3) is 6.19. The number of ether oxygens (including phenoxy) is 1. The number of nitrogens with one attached hydrogen (secondary N) is 2. The molecule has 0 bridgehead atoms. The number of hydrogen-bond donors (Lipinski definition) is 2. The molecule has 7 nitrogen and oxygen atoms in total. The fourth-order valence-corrected chi connectivity index (χ4v) is 5.45. The van der Waals surface area contributed by atoms with Crippen LogP contribution < -0.4 is 10.6 Å². The van der Waals surface area contributed by atoms with Crippen molar-refractivity contribution in [3.8, 4) is 0 Å². The van der Waals surface area contributed by atoms with Gasteiger partial charge < -0.3 is 15.4 Å². The molecule has 0 aromatic carbocycles. The van der Waals surface area contributed by atoms with E-state index in [1.54, 1.807) is 24.6 Å². The van der Waals surface area contributed by atoms with Crippen molar-refractivity contribution < 1.29 is 17.9 Å². The van der Waals surface area contributed by atoms with Crippen molar-refractivity contribution in [1.29, 1.82) is 0 Å². The normalized spacial score (nSPS) is 18.5. The number of thiophene rings is 1. The predicted molar refractivity (Wildman–Crippen MR) is 101 cm³/mol. The second-order valence-corrected chi connectivity index (χ2v) is 8.66. The van der Waals surface area contributed by atoms with Gasteiger partial charge in [-0.3, -0.25) is 4.79 Å². The van der Waals surface area contributed by atoms with Crippen molar-refractivity contribution >= 4 is 39.7 Å². The molecule has 2 N–H and O–H groups in total. The highest BCUT2D eigenvalue weighted by molar-refractivity contribution is 7.91. The zero-order valence-corrected chi connectivity index (χ0v) is 16.7. The molecule has 0 spiro atoms. The predicted octanol–water partition coefficient (Wildman–Crippen LogP) is 1.07. The summed E-state index contributed by atoms with van der Waals surface area (Å²) in [4.78, 5) is 12.4. The summed E-state index contributed by atoms with van der Waals surface area (Å²) in [6, 6.07) is 2.68. The van der Waals surface area contributed by atoms with Gasteiger partial charge in [0, 0.05) is 33.3 Å². The van der Waals surface area contributed by atoms with Gasteiger partial charge in [0.15, 0.2) is 0 Å². The quantitative estimate of drug-likeness (QED) is 0.593. The first-order chi connectivity index (χ1) is 11.6. The fraction of sp³-hybridized carbons (Fsp3) is 0.667. The maximum atomic E-state index is 12.7. The first kappa shape index (κ1) is 22.3. The maximum Gasteiger partial charge on any atom is 0.253 e. The van der Waals surface area contributed by atoms with Gasteiger partial charge in [0.1, 0.15) is 10.3 Å². The standard InChI is InChI=1S/C15H25N3O4S2.ClH/c1-22-11-9-16-7-8-17-15(19)13-5-2-3-10-18(13)24(20,21)14-6-4-12-23-14;/h4,6,12-13,16H,2-3,5,7-11H2,1H3,(H,17,19);1H. The average Bonchev–Trinajstić information content (AvgIpc) is 3.13. The first-order valence-electron chi connectivity index (χ1n) is 8.10. The minimum absolute atomic E-state index is 0. The summed E-state index contributed by atoms with van der Waals surface area (Å²) in [5, 5.41) is 7.70. The molecule has 1 fully saturated rings. The highest BCUT2D eigenvalue weighted by Gasteiger charge is 2.37. The number of methoxy groups -OCH3 is 1. The van der Waals surface area contributed by atoms with Gasteiger partial charge in [-0.1, -0.05) is 12.5 Å². The molecule has 2 rings (SSSR count). The molecule has 144 valence electrons. The lowest BCUT2D eigenvalue weighted by atomic mass is 10.0. The molecule has 1 unspecified atom stereocenters. The van der Waals surface area contributed by atoms with Crippen molar-refractivity contribution in [2.45, 2.75) is 29.5 Å². The third-order valence-electron chi connectivity index (χ3n) is 3.90. The number of amides is 1. The summed E-state index contributed by atoms with van der Waals surface area (Å²) >= 11 is 1.18. The van der Waals surface area contributed by atoms with Crippen LogP contribution in [-0.4, -0.2) is 64.6 Å². The molecule has 0 saturated carbocycles. The summed E-state index contributed by atoms with van der Waals surface area (Å²) in [5.74, 6) is -0.219. The van der Waals surface area contributed by atoms with Gasteiger partial charge in [0.2, 0.25) is 5.91 Å². The van der Waals surface area contributed by atoms with E-state index in [4.69, 9.17) is 4.74 Å². The molecule has 1 atom stereocenters. The first-order valence-corrected chi connectivity index (χ1v) is 10.4. The fourth-order valence-electron chi connectivity index (χ4n) is 2.67.